The molecule has 2 aromatic heterocycles. The van der Waals surface area contributed by atoms with Crippen molar-refractivity contribution < 1.29 is 18.0 Å². The average molecular weight is 398 g/mol. The number of imidazole rings is 1. The Morgan fingerprint density at radius 1 is 1.19 bits per heavy atom. The molecule has 0 saturated carbocycles. The zero-order chi connectivity index (χ0) is 19.4. The van der Waals surface area contributed by atoms with Gasteiger partial charge in [0.1, 0.15) is 5.52 Å². The molecule has 0 aliphatic heterocycles. The van der Waals surface area contributed by atoms with Crippen LogP contribution in [0.1, 0.15) is 12.2 Å². The van der Waals surface area contributed by atoms with Crippen LogP contribution in [0, 0.1) is 0 Å². The zero-order valence-corrected chi connectivity index (χ0v) is 14.7. The monoisotopic (exact) mass is 397 g/mol. The summed E-state index contributed by atoms with van der Waals surface area (Å²) in [4.78, 5) is 19.4. The summed E-state index contributed by atoms with van der Waals surface area (Å²) in [6.45, 7) is 0.201. The van der Waals surface area contributed by atoms with Crippen LogP contribution in [0.5, 0.6) is 0 Å². The highest BCUT2D eigenvalue weighted by atomic mass is 35.5. The summed E-state index contributed by atoms with van der Waals surface area (Å²) in [7, 11) is 0. The quantitative estimate of drug-likeness (QED) is 0.630. The molecule has 3 rings (SSSR count). The first-order chi connectivity index (χ1) is 12.8. The van der Waals surface area contributed by atoms with Crippen LogP contribution in [0.15, 0.2) is 42.6 Å². The molecule has 2 amide bonds. The number of hydrogen-bond acceptors (Lipinski definition) is 3. The maximum Gasteiger partial charge on any atom is 0.449 e. The van der Waals surface area contributed by atoms with E-state index >= 15 is 0 Å². The lowest BCUT2D eigenvalue weighted by atomic mass is 10.3. The predicted octanol–water partition coefficient (Wildman–Crippen LogP) is 4.32. The van der Waals surface area contributed by atoms with Gasteiger partial charge >= 0.3 is 12.2 Å². The Hall–Kier alpha value is -2.81. The number of anilines is 1. The number of amides is 2. The number of fused-ring (bicyclic) bond motifs is 1. The molecular weight excluding hydrogens is 383 g/mol. The molecule has 0 radical (unpaired) electrons. The van der Waals surface area contributed by atoms with Crippen LogP contribution in [0.25, 0.3) is 11.2 Å². The van der Waals surface area contributed by atoms with Crippen LogP contribution in [0.4, 0.5) is 23.7 Å². The molecule has 1 aromatic carbocycles. The van der Waals surface area contributed by atoms with Crippen molar-refractivity contribution in [2.24, 2.45) is 0 Å². The van der Waals surface area contributed by atoms with Crippen molar-refractivity contribution in [3.63, 3.8) is 0 Å². The minimum Gasteiger partial charge on any atom is -0.338 e. The lowest BCUT2D eigenvalue weighted by Crippen LogP contribution is -2.30. The first-order valence-electron chi connectivity index (χ1n) is 8.03. The van der Waals surface area contributed by atoms with Crippen LogP contribution in [-0.2, 0) is 12.7 Å². The summed E-state index contributed by atoms with van der Waals surface area (Å²) >= 11 is 5.76. The van der Waals surface area contributed by atoms with Crippen LogP contribution in [-0.4, -0.2) is 27.1 Å². The van der Waals surface area contributed by atoms with Gasteiger partial charge in [0.25, 0.3) is 0 Å². The number of carbonyl (C=O) groups is 1. The fraction of sp³-hybridized carbons (Fsp3) is 0.235. The van der Waals surface area contributed by atoms with Crippen molar-refractivity contribution in [1.82, 2.24) is 19.9 Å². The van der Waals surface area contributed by atoms with E-state index in [0.717, 1.165) is 4.57 Å². The maximum absolute atomic E-state index is 13.2. The van der Waals surface area contributed by atoms with E-state index in [-0.39, 0.29) is 30.7 Å². The molecule has 0 saturated heterocycles. The number of aromatic nitrogens is 3. The first kappa shape index (κ1) is 19.0. The number of urea groups is 1. The minimum atomic E-state index is -4.58. The maximum atomic E-state index is 13.2. The Bertz CT molecular complexity index is 940. The Morgan fingerprint density at radius 3 is 2.63 bits per heavy atom. The van der Waals surface area contributed by atoms with Gasteiger partial charge in [-0.15, -0.1) is 0 Å². The van der Waals surface area contributed by atoms with Crippen LogP contribution in [0.3, 0.4) is 0 Å². The Morgan fingerprint density at radius 2 is 1.93 bits per heavy atom. The molecule has 0 aliphatic rings. The largest absolute Gasteiger partial charge is 0.449 e. The Kier molecular flexibility index (Phi) is 5.50. The number of aryl methyl sites for hydroxylation is 1. The molecule has 0 bridgehead atoms. The number of benzene rings is 1. The summed E-state index contributed by atoms with van der Waals surface area (Å²) in [5.41, 5.74) is 0.898. The van der Waals surface area contributed by atoms with Gasteiger partial charge in [0.2, 0.25) is 5.82 Å². The number of hydrogen-bond donors (Lipinski definition) is 2. The average Bonchev–Trinajstić information content (AvgIpc) is 3.00. The first-order valence-corrected chi connectivity index (χ1v) is 8.41. The zero-order valence-electron chi connectivity index (χ0n) is 13.9. The summed E-state index contributed by atoms with van der Waals surface area (Å²) in [6, 6.07) is 9.10. The molecule has 0 atom stereocenters. The molecule has 27 heavy (non-hydrogen) atoms. The second-order valence-electron chi connectivity index (χ2n) is 5.67. The molecule has 0 spiro atoms. The minimum absolute atomic E-state index is 0.0174. The Balaban J connectivity index is 1.59. The summed E-state index contributed by atoms with van der Waals surface area (Å²) in [5.74, 6) is -0.998. The number of carbonyl (C=O) groups excluding carboxylic acids is 1. The van der Waals surface area contributed by atoms with Crippen molar-refractivity contribution in [2.75, 3.05) is 11.9 Å². The van der Waals surface area contributed by atoms with E-state index in [4.69, 9.17) is 11.6 Å². The van der Waals surface area contributed by atoms with E-state index in [2.05, 4.69) is 20.6 Å². The highest BCUT2D eigenvalue weighted by Crippen LogP contribution is 2.30. The molecule has 2 N–H and O–H groups in total. The van der Waals surface area contributed by atoms with Gasteiger partial charge in [-0.25, -0.2) is 14.8 Å². The van der Waals surface area contributed by atoms with Crippen LogP contribution in [0.2, 0.25) is 5.02 Å². The summed E-state index contributed by atoms with van der Waals surface area (Å²) in [5, 5.41) is 5.75. The number of pyridine rings is 1. The normalized spacial score (nSPS) is 11.6. The van der Waals surface area contributed by atoms with Crippen molar-refractivity contribution >= 4 is 34.5 Å². The molecule has 0 unspecified atom stereocenters. The van der Waals surface area contributed by atoms with Gasteiger partial charge < -0.3 is 15.2 Å². The van der Waals surface area contributed by atoms with Gasteiger partial charge in [-0.3, -0.25) is 0 Å². The van der Waals surface area contributed by atoms with Crippen LogP contribution < -0.4 is 10.6 Å². The highest BCUT2D eigenvalue weighted by Gasteiger charge is 2.37. The lowest BCUT2D eigenvalue weighted by molar-refractivity contribution is -0.147. The Labute approximate surface area is 157 Å². The predicted molar refractivity (Wildman–Crippen MR) is 95.6 cm³/mol. The number of nitrogens with zero attached hydrogens (tertiary/aromatic N) is 3. The smallest absolute Gasteiger partial charge is 0.338 e. The highest BCUT2D eigenvalue weighted by molar-refractivity contribution is 6.30. The molecular formula is C17H15ClF3N5O. The van der Waals surface area contributed by atoms with E-state index < -0.39 is 18.0 Å². The van der Waals surface area contributed by atoms with Gasteiger partial charge in [-0.1, -0.05) is 11.6 Å². The molecule has 0 aliphatic carbocycles. The number of alkyl halides is 3. The second-order valence-corrected chi connectivity index (χ2v) is 6.11. The van der Waals surface area contributed by atoms with Gasteiger partial charge in [0.15, 0.2) is 5.65 Å². The van der Waals surface area contributed by atoms with Gasteiger partial charge in [-0.05, 0) is 42.8 Å². The molecule has 6 nitrogen and oxygen atoms in total. The summed E-state index contributed by atoms with van der Waals surface area (Å²) in [6.07, 6.45) is -2.89. The molecule has 142 valence electrons. The third-order valence-corrected chi connectivity index (χ3v) is 3.96. The summed E-state index contributed by atoms with van der Waals surface area (Å²) < 4.78 is 40.6. The molecule has 0 fully saturated rings. The van der Waals surface area contributed by atoms with Gasteiger partial charge in [0.05, 0.1) is 0 Å². The van der Waals surface area contributed by atoms with Crippen molar-refractivity contribution in [3.8, 4) is 0 Å². The van der Waals surface area contributed by atoms with Crippen molar-refractivity contribution in [1.29, 1.82) is 0 Å². The van der Waals surface area contributed by atoms with E-state index in [0.29, 0.717) is 10.7 Å². The van der Waals surface area contributed by atoms with E-state index in [1.807, 2.05) is 0 Å². The molecule has 3 aromatic rings. The second kappa shape index (κ2) is 7.83. The van der Waals surface area contributed by atoms with E-state index in [9.17, 15) is 18.0 Å². The van der Waals surface area contributed by atoms with Gasteiger partial charge in [0, 0.05) is 30.0 Å². The van der Waals surface area contributed by atoms with Crippen LogP contribution >= 0.6 is 11.6 Å². The van der Waals surface area contributed by atoms with E-state index in [1.54, 1.807) is 24.3 Å². The van der Waals surface area contributed by atoms with Crippen molar-refractivity contribution in [3.05, 3.63) is 53.4 Å². The fourth-order valence-electron chi connectivity index (χ4n) is 2.53. The third kappa shape index (κ3) is 4.68. The number of nitrogens with one attached hydrogen (secondary N) is 2. The SMILES string of the molecule is O=C(NCCCn1c(C(F)(F)F)nc2cccnc21)Nc1ccc(Cl)cc1. The third-order valence-electron chi connectivity index (χ3n) is 3.70. The van der Waals surface area contributed by atoms with Crippen molar-refractivity contribution in [2.45, 2.75) is 19.1 Å². The standard InChI is InChI=1S/C17H15ClF3N5O/c18-11-4-6-12(7-5-11)24-16(27)23-9-2-10-26-14-13(3-1-8-22-14)25-15(26)17(19,20)21/h1,3-8H,2,9-10H2,(H2,23,24,27). The molecule has 2 heterocycles. The number of halogens is 4. The molecule has 10 heteroatoms. The topological polar surface area (TPSA) is 71.8 Å². The van der Waals surface area contributed by atoms with Gasteiger partial charge in [-0.2, -0.15) is 13.2 Å². The lowest BCUT2D eigenvalue weighted by Gasteiger charge is -2.11. The number of rotatable bonds is 5. The van der Waals surface area contributed by atoms with E-state index in [1.165, 1.54) is 18.3 Å². The fourth-order valence-corrected chi connectivity index (χ4v) is 2.66.